The lowest BCUT2D eigenvalue weighted by atomic mass is 9.94. The van der Waals surface area contributed by atoms with Crippen LogP contribution in [-0.4, -0.2) is 24.1 Å². The Kier molecular flexibility index (Phi) is 12.5. The zero-order valence-electron chi connectivity index (χ0n) is 46.8. The summed E-state index contributed by atoms with van der Waals surface area (Å²) >= 11 is 0. The van der Waals surface area contributed by atoms with Crippen LogP contribution in [0.1, 0.15) is 0 Å². The number of hydrogen-bond acceptors (Lipinski definition) is 3. The second kappa shape index (κ2) is 21.3. The number of aromatic nitrogens is 5. The number of rotatable bonds is 11. The molecule has 0 spiro atoms. The maximum absolute atomic E-state index is 5.53. The van der Waals surface area contributed by atoms with Crippen LogP contribution >= 0.6 is 0 Å². The van der Waals surface area contributed by atoms with E-state index in [9.17, 15) is 0 Å². The Morgan fingerprint density at radius 3 is 0.779 bits per heavy atom. The van der Waals surface area contributed by atoms with Gasteiger partial charge in [-0.25, -0.2) is 15.0 Å². The quantitative estimate of drug-likeness (QED) is 0.130. The molecule has 5 heteroatoms. The normalized spacial score (nSPS) is 11.5. The SMILES string of the molecule is c1ccc(-c2cccc(-c3cccc(-c4ccc(-c5nc(-c6ccccc6)nc(-c6ccc(-c7cccc(-c8cccc(-c9ccccc9)c8)c7)c(-n7c8ccccc8c8ccccc87)c6)n5)cc4-n4c5ccccc5c5ccccc54)c3)c2)cc1. The molecule has 0 fully saturated rings. The van der Waals surface area contributed by atoms with E-state index in [-0.39, 0.29) is 0 Å². The molecule has 0 N–H and O–H groups in total. The zero-order valence-corrected chi connectivity index (χ0v) is 46.8. The van der Waals surface area contributed by atoms with Crippen LogP contribution < -0.4 is 0 Å². The molecule has 3 heterocycles. The van der Waals surface area contributed by atoms with E-state index in [1.54, 1.807) is 0 Å². The topological polar surface area (TPSA) is 48.5 Å². The molecule has 0 atom stereocenters. The minimum Gasteiger partial charge on any atom is -0.309 e. The molecule has 16 rings (SSSR count). The molecule has 0 unspecified atom stereocenters. The standard InChI is InChI=1S/C81H53N5/c1-4-22-54(23-5-1)57-28-18-30-59(48-57)61-32-20-34-63(50-61)67-46-44-65(52-77(67)85-73-40-14-10-36-69(73)70-37-11-15-41-74(70)85)80-82-79(56-26-8-3-9-27-56)83-81(84-80)66-45-47-68(78(53-66)86-75-42-16-12-38-71(75)72-39-13-17-43-76(72)86)64-35-21-33-62(51-64)60-31-19-29-58(49-60)55-24-6-2-7-25-55/h1-53H. The maximum Gasteiger partial charge on any atom is 0.164 e. The van der Waals surface area contributed by atoms with Gasteiger partial charge in [-0.1, -0.05) is 261 Å². The van der Waals surface area contributed by atoms with Crippen LogP contribution in [-0.2, 0) is 0 Å². The second-order valence-corrected chi connectivity index (χ2v) is 21.9. The summed E-state index contributed by atoms with van der Waals surface area (Å²) in [6.45, 7) is 0. The summed E-state index contributed by atoms with van der Waals surface area (Å²) in [4.78, 5) is 16.3. The molecule has 0 bridgehead atoms. The fourth-order valence-corrected chi connectivity index (χ4v) is 12.7. The fourth-order valence-electron chi connectivity index (χ4n) is 12.7. The summed E-state index contributed by atoms with van der Waals surface area (Å²) in [6, 6.07) is 115. The molecule has 0 amide bonds. The van der Waals surface area contributed by atoms with Gasteiger partial charge in [0.15, 0.2) is 17.5 Å². The van der Waals surface area contributed by atoms with Crippen LogP contribution in [0, 0.1) is 0 Å². The van der Waals surface area contributed by atoms with Crippen molar-refractivity contribution in [2.24, 2.45) is 0 Å². The molecule has 402 valence electrons. The van der Waals surface area contributed by atoms with Gasteiger partial charge in [-0.2, -0.15) is 0 Å². The number of fused-ring (bicyclic) bond motifs is 6. The van der Waals surface area contributed by atoms with Gasteiger partial charge in [0.25, 0.3) is 0 Å². The molecule has 0 aliphatic rings. The van der Waals surface area contributed by atoms with Gasteiger partial charge in [0.1, 0.15) is 0 Å². The van der Waals surface area contributed by atoms with Crippen molar-refractivity contribution in [3.63, 3.8) is 0 Å². The average Bonchev–Trinajstić information content (AvgIpc) is 2.29. The highest BCUT2D eigenvalue weighted by atomic mass is 15.0. The monoisotopic (exact) mass is 1100 g/mol. The molecule has 16 aromatic rings. The largest absolute Gasteiger partial charge is 0.309 e. The van der Waals surface area contributed by atoms with E-state index in [1.807, 2.05) is 18.2 Å². The number of hydrogen-bond donors (Lipinski definition) is 0. The minimum atomic E-state index is 0.571. The van der Waals surface area contributed by atoms with Crippen molar-refractivity contribution in [3.8, 4) is 112 Å². The highest BCUT2D eigenvalue weighted by Gasteiger charge is 2.22. The van der Waals surface area contributed by atoms with Gasteiger partial charge in [0.2, 0.25) is 0 Å². The number of para-hydroxylation sites is 4. The van der Waals surface area contributed by atoms with Crippen molar-refractivity contribution in [1.82, 2.24) is 24.1 Å². The third-order valence-corrected chi connectivity index (χ3v) is 16.8. The van der Waals surface area contributed by atoms with Crippen LogP contribution in [0.15, 0.2) is 322 Å². The molecule has 0 aliphatic heterocycles. The minimum absolute atomic E-state index is 0.571. The fraction of sp³-hybridized carbons (Fsp3) is 0. The van der Waals surface area contributed by atoms with E-state index in [0.717, 1.165) is 94.6 Å². The van der Waals surface area contributed by atoms with Crippen molar-refractivity contribution >= 4 is 43.6 Å². The lowest BCUT2D eigenvalue weighted by Gasteiger charge is -2.18. The predicted octanol–water partition coefficient (Wildman–Crippen LogP) is 21.1. The Morgan fingerprint density at radius 1 is 0.174 bits per heavy atom. The number of nitrogens with zero attached hydrogens (tertiary/aromatic N) is 5. The third kappa shape index (κ3) is 9.03. The van der Waals surface area contributed by atoms with E-state index in [0.29, 0.717) is 17.5 Å². The van der Waals surface area contributed by atoms with E-state index in [4.69, 9.17) is 15.0 Å². The highest BCUT2D eigenvalue weighted by molar-refractivity contribution is 6.11. The lowest BCUT2D eigenvalue weighted by molar-refractivity contribution is 1.07. The summed E-state index contributed by atoms with van der Waals surface area (Å²) in [6.07, 6.45) is 0. The molecule has 13 aromatic carbocycles. The summed E-state index contributed by atoms with van der Waals surface area (Å²) in [5.74, 6) is 1.73. The van der Waals surface area contributed by atoms with Gasteiger partial charge >= 0.3 is 0 Å². The second-order valence-electron chi connectivity index (χ2n) is 21.9. The van der Waals surface area contributed by atoms with Crippen LogP contribution in [0.5, 0.6) is 0 Å². The van der Waals surface area contributed by atoms with Crippen molar-refractivity contribution in [1.29, 1.82) is 0 Å². The van der Waals surface area contributed by atoms with Crippen LogP contribution in [0.25, 0.3) is 156 Å². The Hall–Kier alpha value is -11.5. The Bertz CT molecular complexity index is 4820. The first-order valence-corrected chi connectivity index (χ1v) is 29.2. The summed E-state index contributed by atoms with van der Waals surface area (Å²) in [5, 5.41) is 4.75. The first-order chi connectivity index (χ1) is 42.6. The summed E-state index contributed by atoms with van der Waals surface area (Å²) < 4.78 is 4.83. The molecular weight excluding hydrogens is 1040 g/mol. The van der Waals surface area contributed by atoms with Gasteiger partial charge in [-0.05, 0) is 116 Å². The highest BCUT2D eigenvalue weighted by Crippen LogP contribution is 2.43. The van der Waals surface area contributed by atoms with Gasteiger partial charge in [0.05, 0.1) is 33.4 Å². The molecule has 3 aromatic heterocycles. The zero-order chi connectivity index (χ0) is 56.9. The summed E-state index contributed by atoms with van der Waals surface area (Å²) in [5.41, 5.74) is 22.8. The van der Waals surface area contributed by atoms with Crippen molar-refractivity contribution in [2.75, 3.05) is 0 Å². The lowest BCUT2D eigenvalue weighted by Crippen LogP contribution is -2.03. The van der Waals surface area contributed by atoms with E-state index < -0.39 is 0 Å². The predicted molar refractivity (Wildman–Crippen MR) is 357 cm³/mol. The average molecular weight is 1100 g/mol. The maximum atomic E-state index is 5.53. The first kappa shape index (κ1) is 50.2. The van der Waals surface area contributed by atoms with E-state index in [2.05, 4.69) is 312 Å². The molecular formula is C81H53N5. The Balaban J connectivity index is 0.889. The molecule has 0 radical (unpaired) electrons. The molecule has 0 saturated carbocycles. The van der Waals surface area contributed by atoms with Gasteiger partial charge in [0, 0.05) is 49.4 Å². The number of benzene rings is 13. The smallest absolute Gasteiger partial charge is 0.164 e. The Morgan fingerprint density at radius 2 is 0.430 bits per heavy atom. The van der Waals surface area contributed by atoms with Crippen LogP contribution in [0.3, 0.4) is 0 Å². The van der Waals surface area contributed by atoms with Gasteiger partial charge < -0.3 is 9.13 Å². The molecule has 0 aliphatic carbocycles. The van der Waals surface area contributed by atoms with Gasteiger partial charge in [-0.3, -0.25) is 0 Å². The van der Waals surface area contributed by atoms with Crippen molar-refractivity contribution in [2.45, 2.75) is 0 Å². The Labute approximate surface area is 498 Å². The van der Waals surface area contributed by atoms with E-state index in [1.165, 1.54) is 43.8 Å². The van der Waals surface area contributed by atoms with Crippen molar-refractivity contribution in [3.05, 3.63) is 322 Å². The van der Waals surface area contributed by atoms with Crippen LogP contribution in [0.4, 0.5) is 0 Å². The summed E-state index contributed by atoms with van der Waals surface area (Å²) in [7, 11) is 0. The first-order valence-electron chi connectivity index (χ1n) is 29.2. The molecule has 0 saturated heterocycles. The van der Waals surface area contributed by atoms with Crippen molar-refractivity contribution < 1.29 is 0 Å². The van der Waals surface area contributed by atoms with Crippen LogP contribution in [0.2, 0.25) is 0 Å². The molecule has 5 nitrogen and oxygen atoms in total. The van der Waals surface area contributed by atoms with Gasteiger partial charge in [-0.15, -0.1) is 0 Å². The van der Waals surface area contributed by atoms with E-state index >= 15 is 0 Å². The molecule has 86 heavy (non-hydrogen) atoms. The third-order valence-electron chi connectivity index (χ3n) is 16.8.